The number of hydrogen-bond acceptors (Lipinski definition) is 7. The van der Waals surface area contributed by atoms with Crippen molar-refractivity contribution in [3.05, 3.63) is 40.8 Å². The van der Waals surface area contributed by atoms with E-state index < -0.39 is 0 Å². The second-order valence-corrected chi connectivity index (χ2v) is 10.4. The lowest BCUT2D eigenvalue weighted by molar-refractivity contribution is -0.142. The summed E-state index contributed by atoms with van der Waals surface area (Å²) in [6.45, 7) is 9.67. The lowest BCUT2D eigenvalue weighted by Gasteiger charge is -2.34. The van der Waals surface area contributed by atoms with Crippen molar-refractivity contribution in [1.82, 2.24) is 19.8 Å². The van der Waals surface area contributed by atoms with Gasteiger partial charge in [-0.05, 0) is 63.3 Å². The molecule has 1 aliphatic carbocycles. The van der Waals surface area contributed by atoms with Gasteiger partial charge in [-0.25, -0.2) is 9.97 Å². The summed E-state index contributed by atoms with van der Waals surface area (Å²) < 4.78 is 6.23. The number of carbonyl (C=O) groups excluding carboxylic acids is 2. The minimum Gasteiger partial charge on any atom is -0.365 e. The molecule has 0 radical (unpaired) electrons. The predicted molar refractivity (Wildman–Crippen MR) is 127 cm³/mol. The third-order valence-electron chi connectivity index (χ3n) is 8.49. The van der Waals surface area contributed by atoms with Gasteiger partial charge in [-0.2, -0.15) is 0 Å². The summed E-state index contributed by atoms with van der Waals surface area (Å²) in [5.41, 5.74) is 5.35. The van der Waals surface area contributed by atoms with Crippen molar-refractivity contribution < 1.29 is 14.3 Å². The fourth-order valence-corrected chi connectivity index (χ4v) is 6.45. The summed E-state index contributed by atoms with van der Waals surface area (Å²) in [7, 11) is 0. The van der Waals surface area contributed by atoms with Gasteiger partial charge in [0, 0.05) is 45.1 Å². The zero-order valence-electron chi connectivity index (χ0n) is 20.1. The lowest BCUT2D eigenvalue weighted by atomic mass is 9.71. The number of amides is 2. The number of hydrogen-bond donors (Lipinski definition) is 0. The Morgan fingerprint density at radius 1 is 0.853 bits per heavy atom. The number of carbonyl (C=O) groups is 2. The smallest absolute Gasteiger partial charge is 0.236 e. The molecule has 34 heavy (non-hydrogen) atoms. The summed E-state index contributed by atoms with van der Waals surface area (Å²) in [4.78, 5) is 41.4. The molecule has 5 heterocycles. The molecule has 1 aromatic heterocycles. The molecule has 8 nitrogen and oxygen atoms in total. The first kappa shape index (κ1) is 21.9. The Morgan fingerprint density at radius 2 is 1.41 bits per heavy atom. The topological polar surface area (TPSA) is 78.9 Å². The van der Waals surface area contributed by atoms with Gasteiger partial charge in [0.1, 0.15) is 0 Å². The first-order valence-corrected chi connectivity index (χ1v) is 12.6. The molecule has 180 valence electrons. The minimum atomic E-state index is -0.296. The van der Waals surface area contributed by atoms with Crippen LogP contribution >= 0.6 is 0 Å². The van der Waals surface area contributed by atoms with Crippen molar-refractivity contribution in [3.63, 3.8) is 0 Å². The number of anilines is 1. The molecule has 3 saturated heterocycles. The molecule has 0 spiro atoms. The van der Waals surface area contributed by atoms with Crippen molar-refractivity contribution in [2.45, 2.75) is 51.7 Å². The van der Waals surface area contributed by atoms with Crippen molar-refractivity contribution in [3.8, 4) is 0 Å². The number of allylic oxidation sites excluding steroid dienone is 2. The molecule has 2 amide bonds. The van der Waals surface area contributed by atoms with Crippen molar-refractivity contribution in [2.75, 3.05) is 44.2 Å². The summed E-state index contributed by atoms with van der Waals surface area (Å²) in [6, 6.07) is 1.84. The number of ether oxygens (including phenoxy) is 1. The fraction of sp³-hybridized carbons (Fsp3) is 0.615. The Kier molecular flexibility index (Phi) is 5.53. The summed E-state index contributed by atoms with van der Waals surface area (Å²) in [5, 5.41) is 0. The molecule has 3 fully saturated rings. The molecule has 4 atom stereocenters. The highest BCUT2D eigenvalue weighted by molar-refractivity contribution is 6.07. The van der Waals surface area contributed by atoms with Crippen LogP contribution < -0.4 is 4.90 Å². The van der Waals surface area contributed by atoms with Gasteiger partial charge < -0.3 is 9.64 Å². The van der Waals surface area contributed by atoms with Crippen LogP contribution in [0.5, 0.6) is 0 Å². The highest BCUT2D eigenvalue weighted by atomic mass is 16.5. The second-order valence-electron chi connectivity index (χ2n) is 10.4. The average Bonchev–Trinajstić information content (AvgIpc) is 3.48. The van der Waals surface area contributed by atoms with E-state index >= 15 is 0 Å². The maximum atomic E-state index is 13.2. The van der Waals surface area contributed by atoms with Crippen LogP contribution in [0.4, 0.5) is 5.95 Å². The first-order valence-electron chi connectivity index (χ1n) is 12.6. The zero-order chi connectivity index (χ0) is 23.4. The van der Waals surface area contributed by atoms with Crippen LogP contribution in [-0.2, 0) is 14.3 Å². The van der Waals surface area contributed by atoms with E-state index in [9.17, 15) is 9.59 Å². The Morgan fingerprint density at radius 3 is 2.00 bits per heavy atom. The number of piperazine rings is 1. The quantitative estimate of drug-likeness (QED) is 0.364. The molecule has 1 aromatic rings. The van der Waals surface area contributed by atoms with Crippen LogP contribution in [0.15, 0.2) is 40.8 Å². The predicted octanol–water partition coefficient (Wildman–Crippen LogP) is 2.19. The first-order chi connectivity index (χ1) is 16.5. The molecule has 0 N–H and O–H groups in total. The van der Waals surface area contributed by atoms with Gasteiger partial charge in [-0.15, -0.1) is 0 Å². The summed E-state index contributed by atoms with van der Waals surface area (Å²) in [6.07, 6.45) is 6.83. The lowest BCUT2D eigenvalue weighted by Crippen LogP contribution is -2.47. The number of nitrogens with zero attached hydrogens (tertiary/aromatic N) is 5. The number of unbranched alkanes of at least 4 members (excludes halogenated alkanes) is 1. The molecule has 2 bridgehead atoms. The van der Waals surface area contributed by atoms with E-state index in [1.54, 1.807) is 17.3 Å². The van der Waals surface area contributed by atoms with Crippen LogP contribution in [-0.4, -0.2) is 83.1 Å². The number of imide groups is 1. The SMILES string of the molecule is CC1=C(C)CC2=C(C1)C1OC2C2C(=O)N(CCCCN3CCN(c4ncccn4)CC3)C(=O)C12. The van der Waals surface area contributed by atoms with Crippen molar-refractivity contribution in [1.29, 1.82) is 0 Å². The maximum absolute atomic E-state index is 13.2. The van der Waals surface area contributed by atoms with Gasteiger partial charge in [0.2, 0.25) is 17.8 Å². The van der Waals surface area contributed by atoms with Gasteiger partial charge in [0.05, 0.1) is 24.0 Å². The Hall–Kier alpha value is -2.58. The van der Waals surface area contributed by atoms with Crippen LogP contribution in [0.2, 0.25) is 0 Å². The molecule has 4 unspecified atom stereocenters. The van der Waals surface area contributed by atoms with Gasteiger partial charge in [0.15, 0.2) is 0 Å². The van der Waals surface area contributed by atoms with Crippen LogP contribution in [0, 0.1) is 11.8 Å². The second kappa shape index (κ2) is 8.57. The zero-order valence-corrected chi connectivity index (χ0v) is 20.1. The molecule has 0 aromatic carbocycles. The van der Waals surface area contributed by atoms with Crippen LogP contribution in [0.1, 0.15) is 39.5 Å². The van der Waals surface area contributed by atoms with Gasteiger partial charge in [0.25, 0.3) is 0 Å². The Balaban J connectivity index is 0.994. The van der Waals surface area contributed by atoms with Crippen molar-refractivity contribution >= 4 is 17.8 Å². The number of fused-ring (bicyclic) bond motifs is 7. The third kappa shape index (κ3) is 3.50. The van der Waals surface area contributed by atoms with E-state index in [4.69, 9.17) is 4.74 Å². The monoisotopic (exact) mass is 463 g/mol. The number of rotatable bonds is 6. The summed E-state index contributed by atoms with van der Waals surface area (Å²) >= 11 is 0. The van der Waals surface area contributed by atoms with Gasteiger partial charge >= 0.3 is 0 Å². The largest absolute Gasteiger partial charge is 0.365 e. The maximum Gasteiger partial charge on any atom is 0.236 e. The van der Waals surface area contributed by atoms with E-state index in [0.717, 1.165) is 64.4 Å². The molecular formula is C26H33N5O3. The van der Waals surface area contributed by atoms with Crippen LogP contribution in [0.3, 0.4) is 0 Å². The highest BCUT2D eigenvalue weighted by Crippen LogP contribution is 2.55. The summed E-state index contributed by atoms with van der Waals surface area (Å²) in [5.74, 6) is 0.198. The number of aromatic nitrogens is 2. The van der Waals surface area contributed by atoms with Gasteiger partial charge in [-0.3, -0.25) is 19.4 Å². The van der Waals surface area contributed by atoms with E-state index in [1.165, 1.54) is 22.3 Å². The molecule has 0 saturated carbocycles. The molecule has 6 rings (SSSR count). The van der Waals surface area contributed by atoms with Crippen molar-refractivity contribution in [2.24, 2.45) is 11.8 Å². The Labute approximate surface area is 200 Å². The molecule has 4 aliphatic heterocycles. The molecule has 5 aliphatic rings. The normalized spacial score (nSPS) is 31.1. The highest BCUT2D eigenvalue weighted by Gasteiger charge is 2.64. The minimum absolute atomic E-state index is 0.00514. The molecule has 8 heteroatoms. The van der Waals surface area contributed by atoms with E-state index in [0.29, 0.717) is 6.54 Å². The Bertz CT molecular complexity index is 1010. The van der Waals surface area contributed by atoms with Gasteiger partial charge in [-0.1, -0.05) is 11.1 Å². The standard InChI is InChI=1S/C26H33N5O3/c1-16-14-18-19(15-17(16)2)23-21-20(22(18)34-23)24(32)31(25(21)33)9-4-3-8-29-10-12-30(13-11-29)26-27-6-5-7-28-26/h5-7,20-23H,3-4,8-15H2,1-2H3. The number of likely N-dealkylation sites (tertiary alicyclic amines) is 1. The third-order valence-corrected chi connectivity index (χ3v) is 8.49. The van der Waals surface area contributed by atoms with E-state index in [1.807, 2.05) is 6.07 Å². The van der Waals surface area contributed by atoms with E-state index in [-0.39, 0.29) is 35.9 Å². The molecular weight excluding hydrogens is 430 g/mol. The fourth-order valence-electron chi connectivity index (χ4n) is 6.45. The van der Waals surface area contributed by atoms with Crippen LogP contribution in [0.25, 0.3) is 0 Å². The van der Waals surface area contributed by atoms with E-state index in [2.05, 4.69) is 33.6 Å². The average molecular weight is 464 g/mol.